The van der Waals surface area contributed by atoms with Crippen LogP contribution in [0.5, 0.6) is 0 Å². The number of rotatable bonds is 5. The van der Waals surface area contributed by atoms with E-state index in [1.807, 2.05) is 11.3 Å². The van der Waals surface area contributed by atoms with Crippen LogP contribution in [0.15, 0.2) is 36.4 Å². The van der Waals surface area contributed by atoms with Crippen molar-refractivity contribution in [3.63, 3.8) is 0 Å². The van der Waals surface area contributed by atoms with Crippen molar-refractivity contribution in [3.05, 3.63) is 57.3 Å². The maximum absolute atomic E-state index is 5.56. The van der Waals surface area contributed by atoms with Crippen molar-refractivity contribution in [2.75, 3.05) is 0 Å². The summed E-state index contributed by atoms with van der Waals surface area (Å²) < 4.78 is 0. The molecule has 0 aliphatic rings. The van der Waals surface area contributed by atoms with Gasteiger partial charge >= 0.3 is 0 Å². The molecule has 3 heteroatoms. The molecule has 0 saturated carbocycles. The van der Waals surface area contributed by atoms with Crippen LogP contribution < -0.4 is 11.1 Å². The SMILES string of the molecule is Cc1ccc(CNCc2ccc(CN)cc2)s1. The first-order chi connectivity index (χ1) is 8.28. The average molecular weight is 246 g/mol. The summed E-state index contributed by atoms with van der Waals surface area (Å²) in [5, 5.41) is 3.45. The maximum Gasteiger partial charge on any atom is 0.0303 e. The topological polar surface area (TPSA) is 38.0 Å². The second-order valence-electron chi connectivity index (χ2n) is 4.14. The van der Waals surface area contributed by atoms with Gasteiger partial charge in [0.15, 0.2) is 0 Å². The number of nitrogens with two attached hydrogens (primary N) is 1. The fourth-order valence-electron chi connectivity index (χ4n) is 1.70. The van der Waals surface area contributed by atoms with Crippen LogP contribution in [0.1, 0.15) is 20.9 Å². The van der Waals surface area contributed by atoms with Gasteiger partial charge in [0.05, 0.1) is 0 Å². The van der Waals surface area contributed by atoms with E-state index in [-0.39, 0.29) is 0 Å². The molecule has 2 aromatic rings. The van der Waals surface area contributed by atoms with E-state index in [1.54, 1.807) is 0 Å². The van der Waals surface area contributed by atoms with Gasteiger partial charge in [0.25, 0.3) is 0 Å². The molecule has 17 heavy (non-hydrogen) atoms. The molecule has 0 spiro atoms. The predicted molar refractivity (Wildman–Crippen MR) is 73.9 cm³/mol. The molecule has 0 amide bonds. The minimum atomic E-state index is 0.613. The molecule has 0 aliphatic heterocycles. The van der Waals surface area contributed by atoms with Gasteiger partial charge in [-0.25, -0.2) is 0 Å². The molecule has 0 saturated heterocycles. The first kappa shape index (κ1) is 12.3. The van der Waals surface area contributed by atoms with Crippen LogP contribution in [0.25, 0.3) is 0 Å². The monoisotopic (exact) mass is 246 g/mol. The zero-order valence-electron chi connectivity index (χ0n) is 10.1. The first-order valence-electron chi connectivity index (χ1n) is 5.82. The molecule has 2 rings (SSSR count). The summed E-state index contributed by atoms with van der Waals surface area (Å²) in [5.74, 6) is 0. The Labute approximate surface area is 106 Å². The molecule has 0 aliphatic carbocycles. The van der Waals surface area contributed by atoms with E-state index in [2.05, 4.69) is 48.6 Å². The lowest BCUT2D eigenvalue weighted by Crippen LogP contribution is -2.11. The molecule has 0 bridgehead atoms. The highest BCUT2D eigenvalue weighted by Gasteiger charge is 1.97. The zero-order valence-corrected chi connectivity index (χ0v) is 10.9. The summed E-state index contributed by atoms with van der Waals surface area (Å²) in [6.45, 7) is 4.60. The van der Waals surface area contributed by atoms with Gasteiger partial charge in [0.2, 0.25) is 0 Å². The molecule has 0 atom stereocenters. The number of benzene rings is 1. The third-order valence-corrected chi connectivity index (χ3v) is 3.68. The second kappa shape index (κ2) is 5.96. The molecule has 1 heterocycles. The number of thiophene rings is 1. The predicted octanol–water partition coefficient (Wildman–Crippen LogP) is 2.81. The average Bonchev–Trinajstić information content (AvgIpc) is 2.76. The Balaban J connectivity index is 1.81. The maximum atomic E-state index is 5.56. The van der Waals surface area contributed by atoms with Gasteiger partial charge in [-0.15, -0.1) is 11.3 Å². The van der Waals surface area contributed by atoms with Gasteiger partial charge in [-0.1, -0.05) is 24.3 Å². The van der Waals surface area contributed by atoms with Gasteiger partial charge < -0.3 is 11.1 Å². The van der Waals surface area contributed by atoms with Crippen LogP contribution in [0.2, 0.25) is 0 Å². The van der Waals surface area contributed by atoms with E-state index in [0.29, 0.717) is 6.54 Å². The van der Waals surface area contributed by atoms with E-state index < -0.39 is 0 Å². The number of aryl methyl sites for hydroxylation is 1. The smallest absolute Gasteiger partial charge is 0.0303 e. The summed E-state index contributed by atoms with van der Waals surface area (Å²) in [6, 6.07) is 12.8. The molecule has 1 aromatic heterocycles. The van der Waals surface area contributed by atoms with Crippen molar-refractivity contribution in [1.82, 2.24) is 5.32 Å². The van der Waals surface area contributed by atoms with Crippen LogP contribution in [-0.2, 0) is 19.6 Å². The third-order valence-electron chi connectivity index (χ3n) is 2.68. The molecule has 0 fully saturated rings. The van der Waals surface area contributed by atoms with Crippen LogP contribution in [0, 0.1) is 6.92 Å². The standard InChI is InChI=1S/C14H18N2S/c1-11-2-7-14(17-11)10-16-9-13-5-3-12(8-15)4-6-13/h2-7,16H,8-10,15H2,1H3. The minimum absolute atomic E-state index is 0.613. The van der Waals surface area contributed by atoms with Crippen LogP contribution in [0.3, 0.4) is 0 Å². The lowest BCUT2D eigenvalue weighted by atomic mass is 10.1. The normalized spacial score (nSPS) is 10.7. The van der Waals surface area contributed by atoms with E-state index >= 15 is 0 Å². The molecular weight excluding hydrogens is 228 g/mol. The molecule has 3 N–H and O–H groups in total. The third kappa shape index (κ3) is 3.66. The largest absolute Gasteiger partial charge is 0.326 e. The van der Waals surface area contributed by atoms with Gasteiger partial charge in [-0.2, -0.15) is 0 Å². The molecule has 1 aromatic carbocycles. The fourth-order valence-corrected chi connectivity index (χ4v) is 2.56. The highest BCUT2D eigenvalue weighted by molar-refractivity contribution is 7.11. The number of nitrogens with one attached hydrogen (secondary N) is 1. The van der Waals surface area contributed by atoms with Crippen molar-refractivity contribution in [3.8, 4) is 0 Å². The van der Waals surface area contributed by atoms with Crippen LogP contribution in [-0.4, -0.2) is 0 Å². The fraction of sp³-hybridized carbons (Fsp3) is 0.286. The van der Waals surface area contributed by atoms with Gasteiger partial charge in [0.1, 0.15) is 0 Å². The van der Waals surface area contributed by atoms with E-state index in [4.69, 9.17) is 5.73 Å². The Bertz CT molecular complexity index is 459. The molecule has 0 unspecified atom stereocenters. The van der Waals surface area contributed by atoms with Crippen molar-refractivity contribution in [1.29, 1.82) is 0 Å². The van der Waals surface area contributed by atoms with Crippen LogP contribution >= 0.6 is 11.3 Å². The summed E-state index contributed by atoms with van der Waals surface area (Å²) >= 11 is 1.85. The Morgan fingerprint density at radius 2 is 1.71 bits per heavy atom. The Morgan fingerprint density at radius 1 is 1.00 bits per heavy atom. The lowest BCUT2D eigenvalue weighted by Gasteiger charge is -2.04. The molecule has 90 valence electrons. The Morgan fingerprint density at radius 3 is 2.29 bits per heavy atom. The summed E-state index contributed by atoms with van der Waals surface area (Å²) in [5.41, 5.74) is 8.05. The second-order valence-corrected chi connectivity index (χ2v) is 5.51. The van der Waals surface area contributed by atoms with E-state index in [1.165, 1.54) is 20.9 Å². The van der Waals surface area contributed by atoms with Gasteiger partial charge in [-0.05, 0) is 30.2 Å². The van der Waals surface area contributed by atoms with Crippen molar-refractivity contribution in [2.24, 2.45) is 5.73 Å². The van der Waals surface area contributed by atoms with Crippen LogP contribution in [0.4, 0.5) is 0 Å². The first-order valence-corrected chi connectivity index (χ1v) is 6.63. The molecular formula is C14H18N2S. The minimum Gasteiger partial charge on any atom is -0.326 e. The number of hydrogen-bond acceptors (Lipinski definition) is 3. The summed E-state index contributed by atoms with van der Waals surface area (Å²) in [4.78, 5) is 2.76. The van der Waals surface area contributed by atoms with Gasteiger partial charge in [-0.3, -0.25) is 0 Å². The molecule has 2 nitrogen and oxygen atoms in total. The van der Waals surface area contributed by atoms with E-state index in [9.17, 15) is 0 Å². The zero-order chi connectivity index (χ0) is 12.1. The Kier molecular flexibility index (Phi) is 4.31. The quantitative estimate of drug-likeness (QED) is 0.851. The lowest BCUT2D eigenvalue weighted by molar-refractivity contribution is 0.700. The summed E-state index contributed by atoms with van der Waals surface area (Å²) in [6.07, 6.45) is 0. The van der Waals surface area contributed by atoms with E-state index in [0.717, 1.165) is 13.1 Å². The number of hydrogen-bond donors (Lipinski definition) is 2. The highest BCUT2D eigenvalue weighted by atomic mass is 32.1. The van der Waals surface area contributed by atoms with Crippen molar-refractivity contribution >= 4 is 11.3 Å². The highest BCUT2D eigenvalue weighted by Crippen LogP contribution is 2.14. The molecule has 0 radical (unpaired) electrons. The van der Waals surface area contributed by atoms with Gasteiger partial charge in [0, 0.05) is 29.4 Å². The Hall–Kier alpha value is -1.16. The van der Waals surface area contributed by atoms with Crippen molar-refractivity contribution < 1.29 is 0 Å². The summed E-state index contributed by atoms with van der Waals surface area (Å²) in [7, 11) is 0. The van der Waals surface area contributed by atoms with Crippen molar-refractivity contribution in [2.45, 2.75) is 26.6 Å².